The third-order valence-corrected chi connectivity index (χ3v) is 15.8. The van der Waals surface area contributed by atoms with Crippen molar-refractivity contribution < 1.29 is 74.6 Å². The molecule has 6 atom stereocenters. The van der Waals surface area contributed by atoms with Gasteiger partial charge in [0, 0.05) is 64.5 Å². The molecule has 6 aliphatic rings. The van der Waals surface area contributed by atoms with Gasteiger partial charge >= 0.3 is 0 Å². The minimum atomic E-state index is -4.06. The van der Waals surface area contributed by atoms with Crippen LogP contribution in [0.4, 0.5) is 4.39 Å². The molecular formula is C55H59FO15S. The Morgan fingerprint density at radius 3 is 1.99 bits per heavy atom. The van der Waals surface area contributed by atoms with Crippen LogP contribution in [0, 0.1) is 6.92 Å². The number of methoxy groups -OCH3 is 4. The molecule has 6 aliphatic heterocycles. The molecule has 0 radical (unpaired) electrons. The van der Waals surface area contributed by atoms with Crippen molar-refractivity contribution in [2.24, 2.45) is 0 Å². The third-order valence-electron chi connectivity index (χ3n) is 14.5. The summed E-state index contributed by atoms with van der Waals surface area (Å²) >= 11 is 0. The standard InChI is InChI=1S/C31H32O9S.C24H27FO6/c1-17-6-8-19(9-7-17)41(33,34)40-27-14-22-23(39-31(27,2)3)11-10-20-29(22)38-26-16-37-25-12-18(15-32)24(35-4)13-21(25)28(26)30(20)36-5;1-24(2)20(25)9-15-16(31-24)6-5-13-22(15)30-19-11-29-18-7-12(10-26)17(27-3)8-14(18)21(19)23(13)28-4/h6-13,26-27,32H,14-16H2,1-5H3;5-8,19-21,23,26H,9-11H2,1-4H3/t26-,27?;19-,20?,21+,23?/m11/s1/i;25-1. The Balaban J connectivity index is 0.000000172. The average molecular weight is 1010 g/mol. The van der Waals surface area contributed by atoms with E-state index < -0.39 is 39.7 Å². The molecule has 11 rings (SSSR count). The Hall–Kier alpha value is -6.24. The molecule has 5 aromatic rings. The van der Waals surface area contributed by atoms with Gasteiger partial charge in [0.2, 0.25) is 0 Å². The van der Waals surface area contributed by atoms with Crippen molar-refractivity contribution in [3.8, 4) is 46.0 Å². The van der Waals surface area contributed by atoms with E-state index in [9.17, 15) is 23.0 Å². The van der Waals surface area contributed by atoms with Crippen LogP contribution in [0.2, 0.25) is 0 Å². The number of ether oxygens (including phenoxy) is 10. The summed E-state index contributed by atoms with van der Waals surface area (Å²) in [6.45, 7) is 9.23. The number of aryl methyl sites for hydroxylation is 1. The van der Waals surface area contributed by atoms with Crippen LogP contribution in [-0.2, 0) is 49.8 Å². The fourth-order valence-electron chi connectivity index (χ4n) is 10.5. The Morgan fingerprint density at radius 1 is 0.681 bits per heavy atom. The first-order valence-corrected chi connectivity index (χ1v) is 25.2. The lowest BCUT2D eigenvalue weighted by atomic mass is 9.79. The summed E-state index contributed by atoms with van der Waals surface area (Å²) in [5.74, 6) is 5.29. The van der Waals surface area contributed by atoms with Crippen LogP contribution < -0.4 is 37.9 Å². The van der Waals surface area contributed by atoms with E-state index in [1.54, 1.807) is 60.5 Å². The van der Waals surface area contributed by atoms with Crippen LogP contribution in [-0.4, -0.2) is 96.0 Å². The zero-order chi connectivity index (χ0) is 51.0. The first kappa shape index (κ1) is 49.3. The number of rotatable bonds is 9. The number of fused-ring (bicyclic) bond motifs is 12. The second kappa shape index (κ2) is 18.7. The Labute approximate surface area is 418 Å². The van der Waals surface area contributed by atoms with Gasteiger partial charge in [-0.05, 0) is 95.3 Å². The molecule has 0 aliphatic carbocycles. The van der Waals surface area contributed by atoms with Crippen LogP contribution in [0.1, 0.15) is 89.8 Å². The van der Waals surface area contributed by atoms with Crippen LogP contribution in [0.5, 0.6) is 46.0 Å². The van der Waals surface area contributed by atoms with Crippen molar-refractivity contribution in [2.75, 3.05) is 41.7 Å². The predicted octanol–water partition coefficient (Wildman–Crippen LogP) is 8.52. The average Bonchev–Trinajstić information content (AvgIpc) is 3.36. The van der Waals surface area contributed by atoms with Gasteiger partial charge in [-0.1, -0.05) is 17.7 Å². The highest BCUT2D eigenvalue weighted by Crippen LogP contribution is 2.55. The molecular weight excluding hydrogens is 951 g/mol. The van der Waals surface area contributed by atoms with Crippen LogP contribution in [0.25, 0.3) is 11.3 Å². The second-order valence-electron chi connectivity index (χ2n) is 19.7. The molecule has 2 N–H and O–H groups in total. The van der Waals surface area contributed by atoms with E-state index in [1.165, 1.54) is 12.1 Å². The molecule has 382 valence electrons. The molecule has 0 bridgehead atoms. The van der Waals surface area contributed by atoms with Crippen LogP contribution in [0.15, 0.2) is 77.7 Å². The van der Waals surface area contributed by atoms with Crippen molar-refractivity contribution in [1.82, 2.24) is 0 Å². The molecule has 6 heterocycles. The lowest BCUT2D eigenvalue weighted by Gasteiger charge is -2.44. The van der Waals surface area contributed by atoms with E-state index in [0.717, 1.165) is 33.4 Å². The first-order valence-electron chi connectivity index (χ1n) is 23.8. The number of halogens is 1. The molecule has 72 heavy (non-hydrogen) atoms. The van der Waals surface area contributed by atoms with E-state index in [4.69, 9.17) is 51.6 Å². The SMILES string of the molecule is COC1=C2c3cc(OC)c(CO)cc3OC[C@H]2Oc2c1ccc1c2CC(OS(=O)(=O)c2ccc(C)cc2)C(C)(C)O1.COc1cc2c(cc1CO)OC[C@H]1Oc3c(ccc4c3CC([18F])C(C)(C)O4)C(OC)[C@@H]21. The minimum absolute atomic E-state index is 0.0862. The molecule has 0 spiro atoms. The summed E-state index contributed by atoms with van der Waals surface area (Å²) in [6, 6.07) is 21.4. The normalized spacial score (nSPS) is 23.4. The maximum absolute atomic E-state index is 14.8. The summed E-state index contributed by atoms with van der Waals surface area (Å²) in [4.78, 5) is 0.0862. The van der Waals surface area contributed by atoms with Crippen molar-refractivity contribution in [1.29, 1.82) is 0 Å². The van der Waals surface area contributed by atoms with E-state index in [1.807, 2.05) is 63.2 Å². The van der Waals surface area contributed by atoms with Gasteiger partial charge in [0.25, 0.3) is 10.1 Å². The Kier molecular flexibility index (Phi) is 12.8. The molecule has 0 aromatic heterocycles. The molecule has 0 saturated heterocycles. The minimum Gasteiger partial charge on any atom is -0.496 e. The highest BCUT2D eigenvalue weighted by Gasteiger charge is 2.49. The van der Waals surface area contributed by atoms with Gasteiger partial charge in [-0.25, -0.2) is 4.39 Å². The van der Waals surface area contributed by atoms with E-state index in [0.29, 0.717) is 80.6 Å². The summed E-state index contributed by atoms with van der Waals surface area (Å²) in [6.07, 6.45) is -2.62. The lowest BCUT2D eigenvalue weighted by molar-refractivity contribution is -0.0254. The van der Waals surface area contributed by atoms with Crippen LogP contribution >= 0.6 is 0 Å². The summed E-state index contributed by atoms with van der Waals surface area (Å²) in [7, 11) is 2.33. The smallest absolute Gasteiger partial charge is 0.297 e. The fourth-order valence-corrected chi connectivity index (χ4v) is 11.7. The zero-order valence-corrected chi connectivity index (χ0v) is 42.4. The largest absolute Gasteiger partial charge is 0.496 e. The molecule has 3 unspecified atom stereocenters. The molecule has 0 amide bonds. The van der Waals surface area contributed by atoms with Crippen molar-refractivity contribution in [3.05, 3.63) is 123 Å². The number of aliphatic hydroxyl groups excluding tert-OH is 2. The number of benzene rings is 5. The van der Waals surface area contributed by atoms with E-state index in [2.05, 4.69) is 0 Å². The van der Waals surface area contributed by atoms with E-state index in [-0.39, 0.29) is 55.7 Å². The summed E-state index contributed by atoms with van der Waals surface area (Å²) < 4.78 is 107. The topological polar surface area (TPSA) is 176 Å². The Morgan fingerprint density at radius 2 is 1.32 bits per heavy atom. The van der Waals surface area contributed by atoms with Gasteiger partial charge < -0.3 is 57.6 Å². The molecule has 0 fully saturated rings. The zero-order valence-electron chi connectivity index (χ0n) is 41.6. The van der Waals surface area contributed by atoms with Gasteiger partial charge in [0.05, 0.1) is 57.0 Å². The van der Waals surface area contributed by atoms with Crippen molar-refractivity contribution in [2.45, 2.75) is 113 Å². The fraction of sp³-hybridized carbons (Fsp3) is 0.418. The monoisotopic (exact) mass is 1010 g/mol. The predicted molar refractivity (Wildman–Crippen MR) is 262 cm³/mol. The quantitative estimate of drug-likeness (QED) is 0.134. The van der Waals surface area contributed by atoms with Gasteiger partial charge in [-0.2, -0.15) is 8.42 Å². The summed E-state index contributed by atoms with van der Waals surface area (Å²) in [5, 5.41) is 19.4. The van der Waals surface area contributed by atoms with Gasteiger partial charge in [-0.15, -0.1) is 0 Å². The first-order chi connectivity index (χ1) is 34.4. The maximum atomic E-state index is 14.8. The molecule has 15 nitrogen and oxygen atoms in total. The van der Waals surface area contributed by atoms with E-state index >= 15 is 0 Å². The molecule has 5 aromatic carbocycles. The third kappa shape index (κ3) is 8.41. The van der Waals surface area contributed by atoms with Crippen molar-refractivity contribution in [3.63, 3.8) is 0 Å². The number of hydrogen-bond donors (Lipinski definition) is 2. The van der Waals surface area contributed by atoms with Gasteiger partial charge in [-0.3, -0.25) is 4.18 Å². The Bertz CT molecular complexity index is 3080. The van der Waals surface area contributed by atoms with Crippen LogP contribution in [0.3, 0.4) is 0 Å². The lowest BCUT2D eigenvalue weighted by Crippen LogP contribution is -2.49. The highest BCUT2D eigenvalue weighted by molar-refractivity contribution is 7.86. The van der Waals surface area contributed by atoms with Gasteiger partial charge in [0.15, 0.2) is 6.10 Å². The highest BCUT2D eigenvalue weighted by atomic mass is 32.2. The van der Waals surface area contributed by atoms with Gasteiger partial charge in [0.1, 0.15) is 94.6 Å². The molecule has 0 saturated carbocycles. The number of hydrogen-bond acceptors (Lipinski definition) is 15. The second-order valence-corrected chi connectivity index (χ2v) is 21.3. The van der Waals surface area contributed by atoms with Crippen molar-refractivity contribution >= 4 is 21.5 Å². The number of alkyl halides is 1. The molecule has 17 heteroatoms. The maximum Gasteiger partial charge on any atom is 0.297 e. The summed E-state index contributed by atoms with van der Waals surface area (Å²) in [5.41, 5.74) is 5.87. The number of aliphatic hydroxyl groups is 2.